The maximum atomic E-state index is 12.2. The summed E-state index contributed by atoms with van der Waals surface area (Å²) >= 11 is 0. The van der Waals surface area contributed by atoms with E-state index in [1.54, 1.807) is 18.7 Å². The van der Waals surface area contributed by atoms with E-state index in [4.69, 9.17) is 0 Å². The Kier molecular flexibility index (Phi) is 4.29. The van der Waals surface area contributed by atoms with E-state index < -0.39 is 10.5 Å². The second kappa shape index (κ2) is 5.82. The van der Waals surface area contributed by atoms with E-state index in [0.717, 1.165) is 0 Å². The molecule has 0 aliphatic carbocycles. The third kappa shape index (κ3) is 4.02. The number of aromatic nitrogens is 1. The summed E-state index contributed by atoms with van der Waals surface area (Å²) in [6, 6.07) is 1.26. The molecule has 0 radical (unpaired) electrons. The van der Waals surface area contributed by atoms with Crippen molar-refractivity contribution >= 4 is 11.6 Å². The fourth-order valence-electron chi connectivity index (χ4n) is 2.44. The van der Waals surface area contributed by atoms with Crippen molar-refractivity contribution in [3.8, 4) is 0 Å². The highest BCUT2D eigenvalue weighted by Crippen LogP contribution is 2.15. The number of carbonyl (C=O) groups excluding carboxylic acids is 1. The summed E-state index contributed by atoms with van der Waals surface area (Å²) < 4.78 is 0. The molecule has 1 fully saturated rings. The summed E-state index contributed by atoms with van der Waals surface area (Å²) in [4.78, 5) is 28.7. The highest BCUT2D eigenvalue weighted by atomic mass is 16.6. The maximum absolute atomic E-state index is 12.2. The Hall–Kier alpha value is -1.93. The molecule has 1 aliphatic heterocycles. The first-order valence-corrected chi connectivity index (χ1v) is 6.83. The number of hydrogen-bond donors (Lipinski definition) is 2. The minimum atomic E-state index is -0.758. The van der Waals surface area contributed by atoms with E-state index in [2.05, 4.69) is 9.88 Å². The van der Waals surface area contributed by atoms with Gasteiger partial charge in [0.25, 0.3) is 11.6 Å². The minimum Gasteiger partial charge on any atom is -0.389 e. The van der Waals surface area contributed by atoms with Crippen molar-refractivity contribution in [1.82, 2.24) is 14.8 Å². The molecule has 1 aliphatic rings. The van der Waals surface area contributed by atoms with Gasteiger partial charge in [-0.15, -0.1) is 0 Å². The first kappa shape index (κ1) is 15.5. The predicted octanol–water partition coefficient (Wildman–Crippen LogP) is 0.452. The highest BCUT2D eigenvalue weighted by Gasteiger charge is 2.26. The predicted molar refractivity (Wildman–Crippen MR) is 76.1 cm³/mol. The molecule has 8 nitrogen and oxygen atoms in total. The molecule has 2 N–H and O–H groups in total. The van der Waals surface area contributed by atoms with E-state index in [1.165, 1.54) is 12.3 Å². The molecule has 0 atom stereocenters. The van der Waals surface area contributed by atoms with E-state index in [1.807, 2.05) is 0 Å². The molecular weight excluding hydrogens is 276 g/mol. The van der Waals surface area contributed by atoms with E-state index in [0.29, 0.717) is 32.7 Å². The smallest absolute Gasteiger partial charge is 0.287 e. The average Bonchev–Trinajstić information content (AvgIpc) is 2.86. The molecule has 0 saturated carbocycles. The van der Waals surface area contributed by atoms with Gasteiger partial charge in [0.05, 0.1) is 16.7 Å². The third-order valence-electron chi connectivity index (χ3n) is 3.38. The van der Waals surface area contributed by atoms with Crippen LogP contribution in [0.1, 0.15) is 24.3 Å². The van der Waals surface area contributed by atoms with Gasteiger partial charge in [0.1, 0.15) is 5.69 Å². The SMILES string of the molecule is CC(C)(O)CN1CCN(C(=O)c2cc([N+](=O)[O-])c[nH]2)CC1. The van der Waals surface area contributed by atoms with Crippen molar-refractivity contribution in [2.75, 3.05) is 32.7 Å². The molecule has 0 spiro atoms. The fourth-order valence-corrected chi connectivity index (χ4v) is 2.44. The lowest BCUT2D eigenvalue weighted by molar-refractivity contribution is -0.384. The van der Waals surface area contributed by atoms with E-state index >= 15 is 0 Å². The number of aromatic amines is 1. The third-order valence-corrected chi connectivity index (χ3v) is 3.38. The first-order valence-electron chi connectivity index (χ1n) is 6.83. The minimum absolute atomic E-state index is 0.112. The molecule has 2 rings (SSSR count). The summed E-state index contributed by atoms with van der Waals surface area (Å²) in [5, 5.41) is 20.4. The van der Waals surface area contributed by atoms with Gasteiger partial charge in [0.2, 0.25) is 0 Å². The van der Waals surface area contributed by atoms with Gasteiger partial charge >= 0.3 is 0 Å². The molecule has 116 valence electrons. The molecule has 1 amide bonds. The number of carbonyl (C=O) groups is 1. The average molecular weight is 296 g/mol. The van der Waals surface area contributed by atoms with Gasteiger partial charge in [-0.1, -0.05) is 0 Å². The van der Waals surface area contributed by atoms with Gasteiger partial charge in [-0.3, -0.25) is 19.8 Å². The van der Waals surface area contributed by atoms with Gasteiger partial charge in [0, 0.05) is 38.8 Å². The number of nitrogens with one attached hydrogen (secondary N) is 1. The van der Waals surface area contributed by atoms with Crippen LogP contribution in [0.4, 0.5) is 5.69 Å². The van der Waals surface area contributed by atoms with E-state index in [-0.39, 0.29) is 17.3 Å². The number of β-amino-alcohol motifs (C(OH)–C–C–N with tert-alkyl or cyclic N) is 1. The number of aliphatic hydroxyl groups is 1. The molecule has 21 heavy (non-hydrogen) atoms. The van der Waals surface area contributed by atoms with Crippen molar-refractivity contribution in [3.05, 3.63) is 28.1 Å². The van der Waals surface area contributed by atoms with Crippen LogP contribution in [0.5, 0.6) is 0 Å². The van der Waals surface area contributed by atoms with Gasteiger partial charge < -0.3 is 15.0 Å². The Morgan fingerprint density at radius 2 is 2.05 bits per heavy atom. The molecule has 1 aromatic heterocycles. The van der Waals surface area contributed by atoms with Crippen molar-refractivity contribution in [3.63, 3.8) is 0 Å². The molecule has 1 saturated heterocycles. The number of nitrogens with zero attached hydrogens (tertiary/aromatic N) is 3. The summed E-state index contributed by atoms with van der Waals surface area (Å²) in [6.07, 6.45) is 1.22. The molecule has 2 heterocycles. The van der Waals surface area contributed by atoms with Crippen LogP contribution in [0.15, 0.2) is 12.3 Å². The number of hydrogen-bond acceptors (Lipinski definition) is 5. The van der Waals surface area contributed by atoms with Crippen molar-refractivity contribution in [2.45, 2.75) is 19.4 Å². The molecule has 0 bridgehead atoms. The van der Waals surface area contributed by atoms with Gasteiger partial charge in [-0.25, -0.2) is 0 Å². The topological polar surface area (TPSA) is 103 Å². The Bertz CT molecular complexity index is 527. The Morgan fingerprint density at radius 3 is 2.52 bits per heavy atom. The first-order chi connectivity index (χ1) is 9.76. The normalized spacial score (nSPS) is 17.0. The molecule has 1 aromatic rings. The maximum Gasteiger partial charge on any atom is 0.287 e. The quantitative estimate of drug-likeness (QED) is 0.620. The molecule has 8 heteroatoms. The van der Waals surface area contributed by atoms with Crippen LogP contribution in [0, 0.1) is 10.1 Å². The van der Waals surface area contributed by atoms with E-state index in [9.17, 15) is 20.0 Å². The van der Waals surface area contributed by atoms with Crippen LogP contribution in [-0.2, 0) is 0 Å². The number of H-pyrrole nitrogens is 1. The lowest BCUT2D eigenvalue weighted by Gasteiger charge is -2.37. The van der Waals surface area contributed by atoms with Gasteiger partial charge in [0.15, 0.2) is 0 Å². The fraction of sp³-hybridized carbons (Fsp3) is 0.615. The van der Waals surface area contributed by atoms with Gasteiger partial charge in [-0.2, -0.15) is 0 Å². The second-order valence-electron chi connectivity index (χ2n) is 5.91. The summed E-state index contributed by atoms with van der Waals surface area (Å²) in [5.41, 5.74) is -0.636. The Balaban J connectivity index is 1.92. The zero-order chi connectivity index (χ0) is 15.6. The lowest BCUT2D eigenvalue weighted by atomic mass is 10.1. The second-order valence-corrected chi connectivity index (χ2v) is 5.91. The van der Waals surface area contributed by atoms with Crippen LogP contribution in [-0.4, -0.2) is 69.0 Å². The van der Waals surface area contributed by atoms with Crippen LogP contribution < -0.4 is 0 Å². The number of rotatable bonds is 4. The zero-order valence-electron chi connectivity index (χ0n) is 12.2. The Morgan fingerprint density at radius 1 is 1.43 bits per heavy atom. The summed E-state index contributed by atoms with van der Waals surface area (Å²) in [5.74, 6) is -0.231. The summed E-state index contributed by atoms with van der Waals surface area (Å²) in [7, 11) is 0. The monoisotopic (exact) mass is 296 g/mol. The van der Waals surface area contributed by atoms with Gasteiger partial charge in [-0.05, 0) is 13.8 Å². The van der Waals surface area contributed by atoms with Crippen molar-refractivity contribution < 1.29 is 14.8 Å². The largest absolute Gasteiger partial charge is 0.389 e. The van der Waals surface area contributed by atoms with Crippen molar-refractivity contribution in [2.24, 2.45) is 0 Å². The highest BCUT2D eigenvalue weighted by molar-refractivity contribution is 5.93. The van der Waals surface area contributed by atoms with Crippen LogP contribution in [0.3, 0.4) is 0 Å². The lowest BCUT2D eigenvalue weighted by Crippen LogP contribution is -2.52. The molecule has 0 aromatic carbocycles. The zero-order valence-corrected chi connectivity index (χ0v) is 12.2. The molecule has 0 unspecified atom stereocenters. The number of nitro groups is 1. The van der Waals surface area contributed by atoms with Crippen LogP contribution in [0.25, 0.3) is 0 Å². The number of piperazine rings is 1. The standard InChI is InChI=1S/C13H20N4O4/c1-13(2,19)9-15-3-5-16(6-4-15)12(18)11-7-10(8-14-11)17(20)21/h7-8,14,19H,3-6,9H2,1-2H3. The van der Waals surface area contributed by atoms with Crippen LogP contribution >= 0.6 is 0 Å². The van der Waals surface area contributed by atoms with Crippen LogP contribution in [0.2, 0.25) is 0 Å². The number of amides is 1. The van der Waals surface area contributed by atoms with Crippen molar-refractivity contribution in [1.29, 1.82) is 0 Å². The molecular formula is C13H20N4O4. The Labute approximate surface area is 122 Å². The summed E-state index contributed by atoms with van der Waals surface area (Å²) in [6.45, 7) is 6.51.